The maximum absolute atomic E-state index is 12.1. The van der Waals surface area contributed by atoms with Gasteiger partial charge in [-0.15, -0.1) is 0 Å². The number of rotatable bonds is 2. The van der Waals surface area contributed by atoms with Crippen molar-refractivity contribution in [1.82, 2.24) is 14.5 Å². The summed E-state index contributed by atoms with van der Waals surface area (Å²) >= 11 is 2.06. The van der Waals surface area contributed by atoms with Crippen LogP contribution in [0.5, 0.6) is 0 Å². The Hall–Kier alpha value is -1.17. The summed E-state index contributed by atoms with van der Waals surface area (Å²) in [4.78, 5) is 18.6. The Morgan fingerprint density at radius 3 is 3.05 bits per heavy atom. The van der Waals surface area contributed by atoms with Gasteiger partial charge in [0.1, 0.15) is 23.4 Å². The Morgan fingerprint density at radius 2 is 2.40 bits per heavy atom. The topological polar surface area (TPSA) is 126 Å². The highest BCUT2D eigenvalue weighted by Crippen LogP contribution is 2.32. The van der Waals surface area contributed by atoms with E-state index >= 15 is 0 Å². The average molecular weight is 392 g/mol. The van der Waals surface area contributed by atoms with Crippen LogP contribution in [-0.2, 0) is 4.74 Å². The summed E-state index contributed by atoms with van der Waals surface area (Å²) in [5.41, 5.74) is 6.02. The van der Waals surface area contributed by atoms with Crippen LogP contribution in [0, 0.1) is 3.57 Å². The second-order valence-electron chi connectivity index (χ2n) is 4.65. The average Bonchev–Trinajstić information content (AvgIpc) is 2.91. The third-order valence-electron chi connectivity index (χ3n) is 3.34. The van der Waals surface area contributed by atoms with Crippen LogP contribution in [0.2, 0.25) is 0 Å². The quantitative estimate of drug-likeness (QED) is 0.513. The lowest BCUT2D eigenvalue weighted by atomic mass is 10.2. The van der Waals surface area contributed by atoms with Gasteiger partial charge in [0.15, 0.2) is 0 Å². The molecular weight excluding hydrogens is 379 g/mol. The standard InChI is InChI=1S/C11H13IN4O4/c12-4-2-16(7-1-5(18)6(3-17)20-7)9-8(4)14-11(13)15-10(9)19/h2,5-7,17-18H,1,3H2,(H3,13,14,15,19)/t5-,6+,7+/m0/s1. The van der Waals surface area contributed by atoms with Gasteiger partial charge in [-0.1, -0.05) is 0 Å². The molecule has 1 aliphatic heterocycles. The number of ether oxygens (including phenoxy) is 1. The summed E-state index contributed by atoms with van der Waals surface area (Å²) in [7, 11) is 0. The number of H-pyrrole nitrogens is 1. The minimum Gasteiger partial charge on any atom is -0.394 e. The lowest BCUT2D eigenvalue weighted by Gasteiger charge is -2.14. The van der Waals surface area contributed by atoms with Crippen molar-refractivity contribution in [3.8, 4) is 0 Å². The number of nitrogens with one attached hydrogen (secondary N) is 1. The number of halogens is 1. The number of aromatic amines is 1. The zero-order valence-electron chi connectivity index (χ0n) is 10.3. The molecule has 2 aromatic rings. The minimum atomic E-state index is -0.763. The SMILES string of the molecule is Nc1nc2c(I)cn([C@H]3C[C@H](O)[C@@H](CO)O3)c2c(=O)[nH]1. The van der Waals surface area contributed by atoms with Crippen molar-refractivity contribution in [2.24, 2.45) is 0 Å². The maximum atomic E-state index is 12.1. The van der Waals surface area contributed by atoms with Gasteiger partial charge in [0.05, 0.1) is 16.3 Å². The van der Waals surface area contributed by atoms with Gasteiger partial charge in [-0.05, 0) is 22.6 Å². The maximum Gasteiger partial charge on any atom is 0.276 e. The van der Waals surface area contributed by atoms with Crippen LogP contribution in [0.15, 0.2) is 11.0 Å². The Balaban J connectivity index is 2.12. The van der Waals surface area contributed by atoms with Gasteiger partial charge in [0.25, 0.3) is 5.56 Å². The molecule has 0 radical (unpaired) electrons. The molecule has 1 aliphatic rings. The van der Waals surface area contributed by atoms with E-state index in [4.69, 9.17) is 15.6 Å². The Bertz CT molecular complexity index is 712. The van der Waals surface area contributed by atoms with E-state index in [9.17, 15) is 9.90 Å². The summed E-state index contributed by atoms with van der Waals surface area (Å²) in [6, 6.07) is 0. The van der Waals surface area contributed by atoms with Crippen molar-refractivity contribution >= 4 is 39.6 Å². The molecule has 8 nitrogen and oxygen atoms in total. The number of nitrogen functional groups attached to an aromatic ring is 1. The molecule has 9 heteroatoms. The van der Waals surface area contributed by atoms with E-state index in [1.165, 1.54) is 0 Å². The number of anilines is 1. The first-order valence-corrected chi connectivity index (χ1v) is 7.09. The first kappa shape index (κ1) is 13.8. The summed E-state index contributed by atoms with van der Waals surface area (Å²) in [5, 5.41) is 18.9. The van der Waals surface area contributed by atoms with Gasteiger partial charge < -0.3 is 25.3 Å². The third kappa shape index (κ3) is 2.10. The van der Waals surface area contributed by atoms with E-state index in [2.05, 4.69) is 32.6 Å². The highest BCUT2D eigenvalue weighted by molar-refractivity contribution is 14.1. The van der Waals surface area contributed by atoms with Crippen molar-refractivity contribution in [2.45, 2.75) is 24.9 Å². The van der Waals surface area contributed by atoms with Crippen LogP contribution < -0.4 is 11.3 Å². The van der Waals surface area contributed by atoms with Crippen LogP contribution >= 0.6 is 22.6 Å². The van der Waals surface area contributed by atoms with Gasteiger partial charge in [-0.3, -0.25) is 9.78 Å². The smallest absolute Gasteiger partial charge is 0.276 e. The fourth-order valence-corrected chi connectivity index (χ4v) is 3.09. The molecule has 20 heavy (non-hydrogen) atoms. The molecule has 0 saturated carbocycles. The molecule has 5 N–H and O–H groups in total. The zero-order valence-corrected chi connectivity index (χ0v) is 12.4. The van der Waals surface area contributed by atoms with Crippen LogP contribution in [0.25, 0.3) is 11.0 Å². The van der Waals surface area contributed by atoms with E-state index in [1.54, 1.807) is 10.8 Å². The van der Waals surface area contributed by atoms with Gasteiger partial charge in [0, 0.05) is 12.6 Å². The van der Waals surface area contributed by atoms with E-state index in [1.807, 2.05) is 0 Å². The molecule has 0 aliphatic carbocycles. The molecule has 0 spiro atoms. The Labute approximate surface area is 126 Å². The number of fused-ring (bicyclic) bond motifs is 1. The molecule has 0 unspecified atom stereocenters. The molecule has 3 rings (SSSR count). The first-order valence-electron chi connectivity index (χ1n) is 6.01. The van der Waals surface area contributed by atoms with Crippen molar-refractivity contribution in [3.05, 3.63) is 20.1 Å². The van der Waals surface area contributed by atoms with Crippen molar-refractivity contribution < 1.29 is 14.9 Å². The minimum absolute atomic E-state index is 0.0544. The number of aliphatic hydroxyl groups is 2. The molecular formula is C11H13IN4O4. The molecule has 0 amide bonds. The van der Waals surface area contributed by atoms with Crippen LogP contribution in [0.3, 0.4) is 0 Å². The second-order valence-corrected chi connectivity index (χ2v) is 5.81. The van der Waals surface area contributed by atoms with Gasteiger partial charge in [0.2, 0.25) is 5.95 Å². The second kappa shape index (κ2) is 4.98. The summed E-state index contributed by atoms with van der Waals surface area (Å²) in [5.74, 6) is 0.0544. The van der Waals surface area contributed by atoms with Crippen LogP contribution in [0.4, 0.5) is 5.95 Å². The number of aliphatic hydroxyl groups excluding tert-OH is 2. The molecule has 1 saturated heterocycles. The molecule has 1 fully saturated rings. The number of aromatic nitrogens is 3. The third-order valence-corrected chi connectivity index (χ3v) is 4.13. The first-order chi connectivity index (χ1) is 9.51. The summed E-state index contributed by atoms with van der Waals surface area (Å²) in [6.07, 6.45) is 0.107. The fourth-order valence-electron chi connectivity index (χ4n) is 2.42. The predicted octanol–water partition coefficient (Wildman–Crippen LogP) is -0.448. The largest absolute Gasteiger partial charge is 0.394 e. The normalized spacial score (nSPS) is 26.4. The molecule has 0 bridgehead atoms. The predicted molar refractivity (Wildman–Crippen MR) is 79.1 cm³/mol. The van der Waals surface area contributed by atoms with E-state index < -0.39 is 18.4 Å². The Morgan fingerprint density at radius 1 is 1.65 bits per heavy atom. The fraction of sp³-hybridized carbons (Fsp3) is 0.455. The van der Waals surface area contributed by atoms with Gasteiger partial charge in [-0.25, -0.2) is 4.98 Å². The van der Waals surface area contributed by atoms with Crippen LogP contribution in [0.1, 0.15) is 12.6 Å². The number of hydrogen-bond donors (Lipinski definition) is 4. The highest BCUT2D eigenvalue weighted by atomic mass is 127. The van der Waals surface area contributed by atoms with Crippen molar-refractivity contribution in [2.75, 3.05) is 12.3 Å². The highest BCUT2D eigenvalue weighted by Gasteiger charge is 2.35. The van der Waals surface area contributed by atoms with Gasteiger partial charge >= 0.3 is 0 Å². The van der Waals surface area contributed by atoms with E-state index in [-0.39, 0.29) is 18.1 Å². The molecule has 3 heterocycles. The molecule has 0 aromatic carbocycles. The van der Waals surface area contributed by atoms with Crippen molar-refractivity contribution in [1.29, 1.82) is 0 Å². The van der Waals surface area contributed by atoms with E-state index in [0.29, 0.717) is 17.5 Å². The lowest BCUT2D eigenvalue weighted by Crippen LogP contribution is -2.24. The monoisotopic (exact) mass is 392 g/mol. The summed E-state index contributed by atoms with van der Waals surface area (Å²) < 4.78 is 7.95. The molecule has 2 aromatic heterocycles. The number of nitrogens with zero attached hydrogens (tertiary/aromatic N) is 2. The molecule has 108 valence electrons. The van der Waals surface area contributed by atoms with Gasteiger partial charge in [-0.2, -0.15) is 0 Å². The lowest BCUT2D eigenvalue weighted by molar-refractivity contribution is -0.0429. The van der Waals surface area contributed by atoms with Crippen molar-refractivity contribution in [3.63, 3.8) is 0 Å². The van der Waals surface area contributed by atoms with E-state index in [0.717, 1.165) is 3.57 Å². The van der Waals surface area contributed by atoms with Crippen LogP contribution in [-0.4, -0.2) is 43.6 Å². The number of nitrogens with two attached hydrogens (primary N) is 1. The summed E-state index contributed by atoms with van der Waals surface area (Å²) in [6.45, 7) is -0.268. The molecule has 3 atom stereocenters. The number of hydrogen-bond acceptors (Lipinski definition) is 6. The zero-order chi connectivity index (χ0) is 14.4. The Kier molecular flexibility index (Phi) is 3.44.